The van der Waals surface area contributed by atoms with Gasteiger partial charge in [0.25, 0.3) is 10.0 Å². The molecule has 0 saturated carbocycles. The van der Waals surface area contributed by atoms with Gasteiger partial charge < -0.3 is 15.0 Å². The second-order valence-electron chi connectivity index (χ2n) is 9.64. The number of rotatable bonds is 14. The van der Waals surface area contributed by atoms with Gasteiger partial charge in [-0.25, -0.2) is 8.42 Å². The monoisotopic (exact) mass is 643 g/mol. The lowest BCUT2D eigenvalue weighted by molar-refractivity contribution is -0.140. The molecule has 0 spiro atoms. The van der Waals surface area contributed by atoms with Crippen molar-refractivity contribution in [3.63, 3.8) is 0 Å². The van der Waals surface area contributed by atoms with Crippen LogP contribution >= 0.6 is 15.9 Å². The summed E-state index contributed by atoms with van der Waals surface area (Å²) in [6.45, 7) is 7.71. The lowest BCUT2D eigenvalue weighted by atomic mass is 10.1. The fourth-order valence-corrected chi connectivity index (χ4v) is 5.96. The molecule has 41 heavy (non-hydrogen) atoms. The fourth-order valence-electron chi connectivity index (χ4n) is 4.28. The average Bonchev–Trinajstić information content (AvgIpc) is 2.97. The van der Waals surface area contributed by atoms with Gasteiger partial charge in [-0.2, -0.15) is 0 Å². The highest BCUT2D eigenvalue weighted by Crippen LogP contribution is 2.27. The number of anilines is 1. The molecule has 0 aromatic heterocycles. The topological polar surface area (TPSA) is 96.0 Å². The number of benzene rings is 3. The minimum Gasteiger partial charge on any atom is -0.494 e. The molecule has 0 unspecified atom stereocenters. The number of amides is 2. The van der Waals surface area contributed by atoms with Gasteiger partial charge >= 0.3 is 0 Å². The first-order valence-corrected chi connectivity index (χ1v) is 16.0. The van der Waals surface area contributed by atoms with E-state index in [-0.39, 0.29) is 23.4 Å². The van der Waals surface area contributed by atoms with Crippen molar-refractivity contribution < 1.29 is 22.7 Å². The molecule has 2 atom stereocenters. The number of carbonyl (C=O) groups excluding carboxylic acids is 2. The summed E-state index contributed by atoms with van der Waals surface area (Å²) in [4.78, 5) is 28.9. The van der Waals surface area contributed by atoms with Crippen LogP contribution in [-0.2, 0) is 26.2 Å². The van der Waals surface area contributed by atoms with E-state index in [1.807, 2.05) is 58.0 Å². The van der Waals surface area contributed by atoms with Gasteiger partial charge in [-0.15, -0.1) is 0 Å². The predicted octanol–water partition coefficient (Wildman–Crippen LogP) is 5.77. The molecule has 0 aliphatic heterocycles. The Hall–Kier alpha value is -3.37. The largest absolute Gasteiger partial charge is 0.494 e. The van der Waals surface area contributed by atoms with E-state index in [2.05, 4.69) is 21.2 Å². The Morgan fingerprint density at radius 2 is 1.54 bits per heavy atom. The minimum atomic E-state index is -4.15. The quantitative estimate of drug-likeness (QED) is 0.241. The number of hydrogen-bond acceptors (Lipinski definition) is 5. The molecule has 0 bridgehead atoms. The van der Waals surface area contributed by atoms with E-state index in [4.69, 9.17) is 4.74 Å². The van der Waals surface area contributed by atoms with Crippen molar-refractivity contribution in [2.75, 3.05) is 17.5 Å². The smallest absolute Gasteiger partial charge is 0.264 e. The van der Waals surface area contributed by atoms with E-state index in [1.165, 1.54) is 17.0 Å². The van der Waals surface area contributed by atoms with Crippen LogP contribution in [-0.4, -0.2) is 50.4 Å². The zero-order valence-corrected chi connectivity index (χ0v) is 26.3. The highest BCUT2D eigenvalue weighted by molar-refractivity contribution is 9.10. The highest BCUT2D eigenvalue weighted by Gasteiger charge is 2.34. The predicted molar refractivity (Wildman–Crippen MR) is 165 cm³/mol. The van der Waals surface area contributed by atoms with Gasteiger partial charge in [-0.05, 0) is 80.8 Å². The Balaban J connectivity index is 2.04. The maximum atomic E-state index is 14.1. The standard InChI is InChI=1S/C31H38BrN3O5S/c1-5-23(4)33-31(37)29(6-2)34(21-24-11-9-8-10-12-24)30(36)22-35(26-15-17-27(18-16-26)40-7-3)41(38,39)28-19-13-25(32)14-20-28/h8-20,23,29H,5-7,21-22H2,1-4H3,(H,33,37)/t23-,29-/m0/s1. The van der Waals surface area contributed by atoms with Gasteiger partial charge in [0.05, 0.1) is 17.2 Å². The Bertz CT molecular complexity index is 1380. The minimum absolute atomic E-state index is 0.0403. The van der Waals surface area contributed by atoms with Gasteiger partial charge in [0.1, 0.15) is 18.3 Å². The van der Waals surface area contributed by atoms with Crippen molar-refractivity contribution in [3.05, 3.63) is 88.9 Å². The zero-order chi connectivity index (χ0) is 30.0. The number of halogens is 1. The van der Waals surface area contributed by atoms with E-state index in [0.29, 0.717) is 24.5 Å². The molecule has 0 aliphatic rings. The van der Waals surface area contributed by atoms with Gasteiger partial charge in [0.15, 0.2) is 0 Å². The molecule has 3 aromatic carbocycles. The average molecular weight is 645 g/mol. The summed E-state index contributed by atoms with van der Waals surface area (Å²) in [7, 11) is -4.15. The number of ether oxygens (including phenoxy) is 1. The molecule has 8 nitrogen and oxygen atoms in total. The van der Waals surface area contributed by atoms with Crippen LogP contribution in [0.15, 0.2) is 88.2 Å². The molecule has 0 saturated heterocycles. The molecule has 3 aromatic rings. The third kappa shape index (κ3) is 8.56. The summed E-state index contributed by atoms with van der Waals surface area (Å²) in [6.07, 6.45) is 1.11. The lowest BCUT2D eigenvalue weighted by Crippen LogP contribution is -2.53. The molecule has 1 N–H and O–H groups in total. The maximum Gasteiger partial charge on any atom is 0.264 e. The van der Waals surface area contributed by atoms with Crippen LogP contribution in [0.3, 0.4) is 0 Å². The molecule has 0 aliphatic carbocycles. The second-order valence-corrected chi connectivity index (χ2v) is 12.4. The molecule has 3 rings (SSSR count). The van der Waals surface area contributed by atoms with E-state index < -0.39 is 28.5 Å². The number of nitrogens with one attached hydrogen (secondary N) is 1. The number of sulfonamides is 1. The summed E-state index contributed by atoms with van der Waals surface area (Å²) in [5.74, 6) is -0.175. The van der Waals surface area contributed by atoms with Crippen LogP contribution in [0.5, 0.6) is 5.75 Å². The first kappa shape index (κ1) is 32.1. The van der Waals surface area contributed by atoms with E-state index in [0.717, 1.165) is 20.8 Å². The van der Waals surface area contributed by atoms with Crippen molar-refractivity contribution >= 4 is 43.5 Å². The van der Waals surface area contributed by atoms with Crippen LogP contribution in [0.1, 0.15) is 46.1 Å². The third-order valence-corrected chi connectivity index (χ3v) is 9.02. The SMILES string of the molecule is CCOc1ccc(N(CC(=O)N(Cc2ccccc2)[C@@H](CC)C(=O)N[C@@H](C)CC)S(=O)(=O)c2ccc(Br)cc2)cc1. The summed E-state index contributed by atoms with van der Waals surface area (Å²) in [5.41, 5.74) is 1.14. The van der Waals surface area contributed by atoms with Crippen LogP contribution in [0.2, 0.25) is 0 Å². The van der Waals surface area contributed by atoms with Gasteiger partial charge in [0, 0.05) is 17.1 Å². The van der Waals surface area contributed by atoms with Crippen molar-refractivity contribution in [2.24, 2.45) is 0 Å². The third-order valence-electron chi connectivity index (χ3n) is 6.70. The highest BCUT2D eigenvalue weighted by atomic mass is 79.9. The van der Waals surface area contributed by atoms with E-state index >= 15 is 0 Å². The number of hydrogen-bond donors (Lipinski definition) is 1. The Morgan fingerprint density at radius 1 is 0.902 bits per heavy atom. The Labute approximate surface area is 251 Å². The first-order valence-electron chi connectivity index (χ1n) is 13.8. The van der Waals surface area contributed by atoms with Crippen molar-refractivity contribution in [1.29, 1.82) is 0 Å². The van der Waals surface area contributed by atoms with Crippen molar-refractivity contribution in [1.82, 2.24) is 10.2 Å². The van der Waals surface area contributed by atoms with E-state index in [1.54, 1.807) is 36.4 Å². The van der Waals surface area contributed by atoms with Crippen LogP contribution in [0.25, 0.3) is 0 Å². The number of carbonyl (C=O) groups is 2. The molecule has 220 valence electrons. The van der Waals surface area contributed by atoms with Gasteiger partial charge in [0.2, 0.25) is 11.8 Å². The summed E-state index contributed by atoms with van der Waals surface area (Å²) in [5, 5.41) is 2.98. The summed E-state index contributed by atoms with van der Waals surface area (Å²) < 4.78 is 35.3. The summed E-state index contributed by atoms with van der Waals surface area (Å²) >= 11 is 3.35. The van der Waals surface area contributed by atoms with Gasteiger partial charge in [-0.3, -0.25) is 13.9 Å². The fraction of sp³-hybridized carbons (Fsp3) is 0.355. The van der Waals surface area contributed by atoms with Crippen LogP contribution in [0.4, 0.5) is 5.69 Å². The zero-order valence-electron chi connectivity index (χ0n) is 23.9. The van der Waals surface area contributed by atoms with Crippen LogP contribution in [0, 0.1) is 0 Å². The van der Waals surface area contributed by atoms with Gasteiger partial charge in [-0.1, -0.05) is 60.1 Å². The summed E-state index contributed by atoms with van der Waals surface area (Å²) in [6, 6.07) is 21.3. The Kier molecular flexibility index (Phi) is 11.8. The van der Waals surface area contributed by atoms with Crippen molar-refractivity contribution in [3.8, 4) is 5.75 Å². The molecule has 0 fully saturated rings. The molecular formula is C31H38BrN3O5S. The second kappa shape index (κ2) is 15.0. The number of nitrogens with zero attached hydrogens (tertiary/aromatic N) is 2. The van der Waals surface area contributed by atoms with Crippen molar-refractivity contribution in [2.45, 2.75) is 64.1 Å². The molecule has 10 heteroatoms. The maximum absolute atomic E-state index is 14.1. The molecule has 2 amide bonds. The van der Waals surface area contributed by atoms with Crippen LogP contribution < -0.4 is 14.4 Å². The molecule has 0 radical (unpaired) electrons. The lowest BCUT2D eigenvalue weighted by Gasteiger charge is -2.33. The first-order chi connectivity index (χ1) is 19.6. The Morgan fingerprint density at radius 3 is 2.10 bits per heavy atom. The normalized spacial score (nSPS) is 12.7. The van der Waals surface area contributed by atoms with E-state index in [9.17, 15) is 18.0 Å². The molecular weight excluding hydrogens is 606 g/mol. The molecule has 0 heterocycles.